The summed E-state index contributed by atoms with van der Waals surface area (Å²) in [5.74, 6) is -0.814. The number of anilines is 2. The SMILES string of the molecule is C[C@H]1CN(c2ccc(C(F)F)s2)C(=O)c2c(C(=O)Nc3cccnc3)ccn21. The molecule has 6 nitrogen and oxygen atoms in total. The lowest BCUT2D eigenvalue weighted by Gasteiger charge is -2.32. The van der Waals surface area contributed by atoms with Gasteiger partial charge in [-0.2, -0.15) is 0 Å². The summed E-state index contributed by atoms with van der Waals surface area (Å²) in [6, 6.07) is 7.72. The van der Waals surface area contributed by atoms with Crippen molar-refractivity contribution in [3.05, 3.63) is 65.1 Å². The van der Waals surface area contributed by atoms with Gasteiger partial charge in [-0.05, 0) is 37.3 Å². The Kier molecular flexibility index (Phi) is 4.68. The highest BCUT2D eigenvalue weighted by Gasteiger charge is 2.34. The number of aromatic nitrogens is 2. The van der Waals surface area contributed by atoms with Crippen LogP contribution in [0.1, 0.15) is 45.1 Å². The summed E-state index contributed by atoms with van der Waals surface area (Å²) in [6.07, 6.45) is 2.22. The van der Waals surface area contributed by atoms with Gasteiger partial charge in [0.1, 0.15) is 5.69 Å². The summed E-state index contributed by atoms with van der Waals surface area (Å²) in [5.41, 5.74) is 0.989. The minimum atomic E-state index is -2.58. The number of rotatable bonds is 4. The van der Waals surface area contributed by atoms with Crippen LogP contribution >= 0.6 is 11.3 Å². The third-order valence-electron chi connectivity index (χ3n) is 4.54. The van der Waals surface area contributed by atoms with Gasteiger partial charge in [0.2, 0.25) is 0 Å². The molecule has 3 aromatic heterocycles. The van der Waals surface area contributed by atoms with Crippen molar-refractivity contribution in [2.75, 3.05) is 16.8 Å². The van der Waals surface area contributed by atoms with Crippen molar-refractivity contribution in [3.8, 4) is 0 Å². The van der Waals surface area contributed by atoms with E-state index in [2.05, 4.69) is 10.3 Å². The van der Waals surface area contributed by atoms with Crippen LogP contribution in [0.25, 0.3) is 0 Å². The molecule has 9 heteroatoms. The fraction of sp³-hybridized carbons (Fsp3) is 0.211. The molecule has 1 aliphatic rings. The lowest BCUT2D eigenvalue weighted by Crippen LogP contribution is -2.42. The van der Waals surface area contributed by atoms with Gasteiger partial charge in [-0.1, -0.05) is 0 Å². The molecule has 3 aromatic rings. The molecule has 0 radical (unpaired) electrons. The summed E-state index contributed by atoms with van der Waals surface area (Å²) >= 11 is 0.884. The number of thiophene rings is 1. The average molecular weight is 402 g/mol. The molecule has 1 atom stereocenters. The van der Waals surface area contributed by atoms with Crippen LogP contribution in [0.5, 0.6) is 0 Å². The lowest BCUT2D eigenvalue weighted by atomic mass is 10.1. The quantitative estimate of drug-likeness (QED) is 0.705. The van der Waals surface area contributed by atoms with Crippen LogP contribution in [0.15, 0.2) is 48.9 Å². The first kappa shape index (κ1) is 18.3. The van der Waals surface area contributed by atoms with Crippen LogP contribution < -0.4 is 10.2 Å². The van der Waals surface area contributed by atoms with Gasteiger partial charge in [-0.15, -0.1) is 11.3 Å². The number of hydrogen-bond donors (Lipinski definition) is 1. The lowest BCUT2D eigenvalue weighted by molar-refractivity contribution is 0.0943. The summed E-state index contributed by atoms with van der Waals surface area (Å²) in [6.45, 7) is 2.25. The van der Waals surface area contributed by atoms with Crippen LogP contribution in [0.4, 0.5) is 19.5 Å². The van der Waals surface area contributed by atoms with Crippen molar-refractivity contribution in [1.29, 1.82) is 0 Å². The molecule has 0 saturated carbocycles. The van der Waals surface area contributed by atoms with Crippen molar-refractivity contribution in [1.82, 2.24) is 9.55 Å². The largest absolute Gasteiger partial charge is 0.338 e. The number of alkyl halides is 2. The summed E-state index contributed by atoms with van der Waals surface area (Å²) < 4.78 is 27.6. The van der Waals surface area contributed by atoms with Crippen molar-refractivity contribution >= 4 is 33.8 Å². The molecular weight excluding hydrogens is 386 g/mol. The van der Waals surface area contributed by atoms with Gasteiger partial charge in [-0.3, -0.25) is 19.5 Å². The number of nitrogens with one attached hydrogen (secondary N) is 1. The molecule has 1 aliphatic heterocycles. The topological polar surface area (TPSA) is 67.2 Å². The van der Waals surface area contributed by atoms with E-state index < -0.39 is 12.3 Å². The Morgan fingerprint density at radius 3 is 2.82 bits per heavy atom. The summed E-state index contributed by atoms with van der Waals surface area (Å²) in [7, 11) is 0. The molecule has 2 amide bonds. The van der Waals surface area contributed by atoms with Crippen LogP contribution in [-0.2, 0) is 0 Å². The maximum Gasteiger partial charge on any atom is 0.276 e. The van der Waals surface area contributed by atoms with E-state index >= 15 is 0 Å². The minimum absolute atomic E-state index is 0.0917. The predicted molar refractivity (Wildman–Crippen MR) is 102 cm³/mol. The Morgan fingerprint density at radius 1 is 1.32 bits per heavy atom. The zero-order valence-corrected chi connectivity index (χ0v) is 15.6. The standard InChI is InChI=1S/C19H16F2N4O2S/c1-11-10-25(15-5-4-14(28-15)17(20)21)19(27)16-13(6-8-24(11)16)18(26)23-12-3-2-7-22-9-12/h2-9,11,17H,10H2,1H3,(H,23,26)/t11-/m0/s1. The summed E-state index contributed by atoms with van der Waals surface area (Å²) in [4.78, 5) is 31.1. The monoisotopic (exact) mass is 402 g/mol. The van der Waals surface area contributed by atoms with Crippen LogP contribution in [0.3, 0.4) is 0 Å². The molecule has 0 bridgehead atoms. The Labute approximate surface area is 163 Å². The van der Waals surface area contributed by atoms with Gasteiger partial charge >= 0.3 is 0 Å². The molecule has 0 fully saturated rings. The molecule has 0 spiro atoms. The van der Waals surface area contributed by atoms with E-state index in [0.717, 1.165) is 11.3 Å². The van der Waals surface area contributed by atoms with Gasteiger partial charge in [0, 0.05) is 25.0 Å². The van der Waals surface area contributed by atoms with Gasteiger partial charge in [0.15, 0.2) is 0 Å². The van der Waals surface area contributed by atoms with Gasteiger partial charge in [-0.25, -0.2) is 8.78 Å². The second-order valence-corrected chi connectivity index (χ2v) is 7.52. The zero-order chi connectivity index (χ0) is 19.8. The highest BCUT2D eigenvalue weighted by Crippen LogP contribution is 2.36. The number of fused-ring (bicyclic) bond motifs is 1. The fourth-order valence-corrected chi connectivity index (χ4v) is 4.09. The van der Waals surface area contributed by atoms with E-state index in [1.54, 1.807) is 35.2 Å². The van der Waals surface area contributed by atoms with Crippen molar-refractivity contribution < 1.29 is 18.4 Å². The van der Waals surface area contributed by atoms with Crippen molar-refractivity contribution in [2.45, 2.75) is 19.4 Å². The van der Waals surface area contributed by atoms with Crippen LogP contribution in [0, 0.1) is 0 Å². The maximum absolute atomic E-state index is 13.1. The van der Waals surface area contributed by atoms with E-state index in [1.807, 2.05) is 6.92 Å². The van der Waals surface area contributed by atoms with Gasteiger partial charge < -0.3 is 9.88 Å². The molecule has 1 N–H and O–H groups in total. The molecule has 4 heterocycles. The molecule has 28 heavy (non-hydrogen) atoms. The van der Waals surface area contributed by atoms with Gasteiger partial charge in [0.05, 0.1) is 27.3 Å². The number of pyridine rings is 1. The van der Waals surface area contributed by atoms with E-state index in [0.29, 0.717) is 17.2 Å². The number of carbonyl (C=O) groups excluding carboxylic acids is 2. The first-order chi connectivity index (χ1) is 13.5. The van der Waals surface area contributed by atoms with Crippen LogP contribution in [-0.4, -0.2) is 27.9 Å². The number of nitrogens with zero attached hydrogens (tertiary/aromatic N) is 3. The molecule has 4 rings (SSSR count). The fourth-order valence-electron chi connectivity index (χ4n) is 3.22. The van der Waals surface area contributed by atoms with Crippen molar-refractivity contribution in [2.24, 2.45) is 0 Å². The first-order valence-electron chi connectivity index (χ1n) is 8.57. The smallest absolute Gasteiger partial charge is 0.276 e. The second-order valence-electron chi connectivity index (χ2n) is 6.42. The third kappa shape index (κ3) is 3.18. The molecule has 0 aromatic carbocycles. The van der Waals surface area contributed by atoms with Gasteiger partial charge in [0.25, 0.3) is 18.2 Å². The van der Waals surface area contributed by atoms with E-state index in [9.17, 15) is 18.4 Å². The molecular formula is C19H16F2N4O2S. The average Bonchev–Trinajstić information content (AvgIpc) is 3.33. The molecule has 0 unspecified atom stereocenters. The Morgan fingerprint density at radius 2 is 2.14 bits per heavy atom. The highest BCUT2D eigenvalue weighted by molar-refractivity contribution is 7.16. The molecule has 0 saturated heterocycles. The van der Waals surface area contributed by atoms with E-state index in [-0.39, 0.29) is 28.1 Å². The molecule has 0 aliphatic carbocycles. The Balaban J connectivity index is 1.66. The second kappa shape index (κ2) is 7.16. The third-order valence-corrected chi connectivity index (χ3v) is 5.66. The number of hydrogen-bond acceptors (Lipinski definition) is 4. The maximum atomic E-state index is 13.1. The summed E-state index contributed by atoms with van der Waals surface area (Å²) in [5, 5.41) is 3.16. The highest BCUT2D eigenvalue weighted by atomic mass is 32.1. The number of carbonyl (C=O) groups is 2. The van der Waals surface area contributed by atoms with Crippen molar-refractivity contribution in [3.63, 3.8) is 0 Å². The Bertz CT molecular complexity index is 1030. The normalized spacial score (nSPS) is 16.4. The zero-order valence-electron chi connectivity index (χ0n) is 14.8. The van der Waals surface area contributed by atoms with E-state index in [1.165, 1.54) is 23.2 Å². The Hall–Kier alpha value is -3.07. The number of halogens is 2. The van der Waals surface area contributed by atoms with E-state index in [4.69, 9.17) is 0 Å². The minimum Gasteiger partial charge on any atom is -0.338 e. The first-order valence-corrected chi connectivity index (χ1v) is 9.39. The molecule has 144 valence electrons. The van der Waals surface area contributed by atoms with Crippen LogP contribution in [0.2, 0.25) is 0 Å². The predicted octanol–water partition coefficient (Wildman–Crippen LogP) is 4.36. The number of amides is 2.